The fourth-order valence-electron chi connectivity index (χ4n) is 2.05. The Bertz CT molecular complexity index is 737. The predicted molar refractivity (Wildman–Crippen MR) is 79.8 cm³/mol. The highest BCUT2D eigenvalue weighted by atomic mass is 16.7. The van der Waals surface area contributed by atoms with Gasteiger partial charge in [-0.2, -0.15) is 0 Å². The Labute approximate surface area is 126 Å². The molecule has 1 aliphatic heterocycles. The molecule has 1 aliphatic rings. The van der Waals surface area contributed by atoms with E-state index >= 15 is 0 Å². The lowest BCUT2D eigenvalue weighted by atomic mass is 10.2. The summed E-state index contributed by atoms with van der Waals surface area (Å²) in [6.07, 6.45) is 1.64. The number of carboxylic acids is 1. The van der Waals surface area contributed by atoms with Gasteiger partial charge < -0.3 is 19.3 Å². The number of aliphatic imine (C=N–C) groups is 1. The molecule has 0 radical (unpaired) electrons. The van der Waals surface area contributed by atoms with Crippen LogP contribution in [0.4, 0.5) is 5.69 Å². The molecule has 0 atom stereocenters. The van der Waals surface area contributed by atoms with Gasteiger partial charge in [0, 0.05) is 17.8 Å². The Hall–Kier alpha value is -3.02. The molecule has 0 aromatic heterocycles. The van der Waals surface area contributed by atoms with E-state index in [1.165, 1.54) is 12.1 Å². The summed E-state index contributed by atoms with van der Waals surface area (Å²) in [7, 11) is 1.57. The summed E-state index contributed by atoms with van der Waals surface area (Å²) in [5.74, 6) is 0.936. The van der Waals surface area contributed by atoms with Gasteiger partial charge in [-0.1, -0.05) is 0 Å². The van der Waals surface area contributed by atoms with Crippen LogP contribution in [0.2, 0.25) is 0 Å². The van der Waals surface area contributed by atoms with Gasteiger partial charge in [0.1, 0.15) is 5.75 Å². The van der Waals surface area contributed by atoms with Gasteiger partial charge in [0.2, 0.25) is 6.79 Å². The van der Waals surface area contributed by atoms with Gasteiger partial charge in [-0.3, -0.25) is 4.99 Å². The number of hydrogen-bond acceptors (Lipinski definition) is 5. The molecule has 6 heteroatoms. The molecular weight excluding hydrogens is 286 g/mol. The minimum atomic E-state index is -0.965. The number of aromatic carboxylic acids is 1. The van der Waals surface area contributed by atoms with E-state index in [0.717, 1.165) is 5.56 Å². The van der Waals surface area contributed by atoms with E-state index in [2.05, 4.69) is 4.99 Å². The molecule has 0 saturated heterocycles. The summed E-state index contributed by atoms with van der Waals surface area (Å²) >= 11 is 0. The summed E-state index contributed by atoms with van der Waals surface area (Å²) in [5.41, 5.74) is 1.61. The Morgan fingerprint density at radius 3 is 2.55 bits per heavy atom. The van der Waals surface area contributed by atoms with Crippen LogP contribution in [-0.4, -0.2) is 31.2 Å². The van der Waals surface area contributed by atoms with Crippen molar-refractivity contribution in [1.29, 1.82) is 0 Å². The summed E-state index contributed by atoms with van der Waals surface area (Å²) in [6, 6.07) is 9.82. The van der Waals surface area contributed by atoms with Gasteiger partial charge in [-0.15, -0.1) is 0 Å². The second-order valence-electron chi connectivity index (χ2n) is 4.56. The fraction of sp³-hybridized carbons (Fsp3) is 0.125. The molecule has 0 bridgehead atoms. The van der Waals surface area contributed by atoms with Crippen molar-refractivity contribution in [1.82, 2.24) is 0 Å². The highest BCUT2D eigenvalue weighted by Crippen LogP contribution is 2.37. The zero-order chi connectivity index (χ0) is 15.5. The first-order valence-electron chi connectivity index (χ1n) is 6.52. The molecule has 0 spiro atoms. The van der Waals surface area contributed by atoms with Crippen LogP contribution in [0.25, 0.3) is 0 Å². The van der Waals surface area contributed by atoms with E-state index in [4.69, 9.17) is 19.3 Å². The predicted octanol–water partition coefficient (Wildman–Crippen LogP) is 2.87. The van der Waals surface area contributed by atoms with Gasteiger partial charge in [-0.25, -0.2) is 4.79 Å². The number of methoxy groups -OCH3 is 1. The van der Waals surface area contributed by atoms with Gasteiger partial charge in [0.05, 0.1) is 18.4 Å². The molecule has 2 aromatic carbocycles. The summed E-state index contributed by atoms with van der Waals surface area (Å²) in [4.78, 5) is 15.1. The van der Waals surface area contributed by atoms with E-state index in [1.807, 2.05) is 0 Å². The van der Waals surface area contributed by atoms with Crippen LogP contribution >= 0.6 is 0 Å². The lowest BCUT2D eigenvalue weighted by Crippen LogP contribution is -1.94. The molecule has 1 heterocycles. The molecule has 1 N–H and O–H groups in total. The highest BCUT2D eigenvalue weighted by molar-refractivity contribution is 5.89. The fourth-order valence-corrected chi connectivity index (χ4v) is 2.05. The number of hydrogen-bond donors (Lipinski definition) is 1. The Morgan fingerprint density at radius 1 is 1.23 bits per heavy atom. The molecule has 0 aliphatic carbocycles. The molecule has 0 saturated carbocycles. The van der Waals surface area contributed by atoms with Crippen LogP contribution in [0.3, 0.4) is 0 Å². The minimum Gasteiger partial charge on any atom is -0.496 e. The summed E-state index contributed by atoms with van der Waals surface area (Å²) in [5, 5.41) is 8.86. The van der Waals surface area contributed by atoms with Crippen LogP contribution in [0.1, 0.15) is 15.9 Å². The Balaban J connectivity index is 1.87. The number of fused-ring (bicyclic) bond motifs is 1. The van der Waals surface area contributed by atoms with E-state index in [1.54, 1.807) is 37.6 Å². The number of benzene rings is 2. The zero-order valence-corrected chi connectivity index (χ0v) is 11.8. The third-order valence-corrected chi connectivity index (χ3v) is 3.19. The second kappa shape index (κ2) is 5.77. The third kappa shape index (κ3) is 2.71. The molecule has 6 nitrogen and oxygen atoms in total. The third-order valence-electron chi connectivity index (χ3n) is 3.19. The second-order valence-corrected chi connectivity index (χ2v) is 4.56. The standard InChI is InChI=1S/C16H13NO5/c1-20-13-7-15-14(21-9-22-15)6-11(13)8-17-12-4-2-10(3-5-12)16(18)19/h2-8H,9H2,1H3,(H,18,19). The molecule has 112 valence electrons. The Morgan fingerprint density at radius 2 is 1.91 bits per heavy atom. The first-order chi connectivity index (χ1) is 10.7. The van der Waals surface area contributed by atoms with Crippen molar-refractivity contribution >= 4 is 17.9 Å². The maximum absolute atomic E-state index is 10.8. The van der Waals surface area contributed by atoms with E-state index in [9.17, 15) is 4.79 Å². The van der Waals surface area contributed by atoms with Crippen LogP contribution in [0.15, 0.2) is 41.4 Å². The Kier molecular flexibility index (Phi) is 3.65. The van der Waals surface area contributed by atoms with Crippen molar-refractivity contribution in [3.8, 4) is 17.2 Å². The van der Waals surface area contributed by atoms with Crippen molar-refractivity contribution in [2.75, 3.05) is 13.9 Å². The zero-order valence-electron chi connectivity index (χ0n) is 11.8. The first-order valence-corrected chi connectivity index (χ1v) is 6.52. The van der Waals surface area contributed by atoms with Gasteiger partial charge in [0.25, 0.3) is 0 Å². The van der Waals surface area contributed by atoms with Crippen LogP contribution in [-0.2, 0) is 0 Å². The van der Waals surface area contributed by atoms with E-state index in [-0.39, 0.29) is 12.4 Å². The maximum atomic E-state index is 10.8. The number of rotatable bonds is 4. The minimum absolute atomic E-state index is 0.190. The van der Waals surface area contributed by atoms with Crippen molar-refractivity contribution in [3.05, 3.63) is 47.5 Å². The van der Waals surface area contributed by atoms with E-state index in [0.29, 0.717) is 22.9 Å². The van der Waals surface area contributed by atoms with Crippen LogP contribution in [0, 0.1) is 0 Å². The normalized spacial score (nSPS) is 12.6. The van der Waals surface area contributed by atoms with Crippen LogP contribution in [0.5, 0.6) is 17.2 Å². The van der Waals surface area contributed by atoms with Gasteiger partial charge >= 0.3 is 5.97 Å². The number of ether oxygens (including phenoxy) is 3. The van der Waals surface area contributed by atoms with E-state index < -0.39 is 5.97 Å². The average molecular weight is 299 g/mol. The molecule has 0 fully saturated rings. The molecule has 0 unspecified atom stereocenters. The number of carboxylic acid groups (broad SMARTS) is 1. The van der Waals surface area contributed by atoms with Crippen LogP contribution < -0.4 is 14.2 Å². The SMILES string of the molecule is COc1cc2c(cc1C=Nc1ccc(C(=O)O)cc1)OCO2. The maximum Gasteiger partial charge on any atom is 0.335 e. The largest absolute Gasteiger partial charge is 0.496 e. The van der Waals surface area contributed by atoms with Gasteiger partial charge in [-0.05, 0) is 30.3 Å². The molecule has 2 aromatic rings. The summed E-state index contributed by atoms with van der Waals surface area (Å²) < 4.78 is 15.9. The molecule has 3 rings (SSSR count). The molecular formula is C16H13NO5. The topological polar surface area (TPSA) is 77.4 Å². The smallest absolute Gasteiger partial charge is 0.335 e. The quantitative estimate of drug-likeness (QED) is 0.878. The lowest BCUT2D eigenvalue weighted by molar-refractivity contribution is 0.0697. The first kappa shape index (κ1) is 13.9. The number of nitrogens with zero attached hydrogens (tertiary/aromatic N) is 1. The lowest BCUT2D eigenvalue weighted by Gasteiger charge is -2.06. The van der Waals surface area contributed by atoms with Gasteiger partial charge in [0.15, 0.2) is 11.5 Å². The van der Waals surface area contributed by atoms with Crippen molar-refractivity contribution in [2.24, 2.45) is 4.99 Å². The highest BCUT2D eigenvalue weighted by Gasteiger charge is 2.16. The monoisotopic (exact) mass is 299 g/mol. The van der Waals surface area contributed by atoms with Crippen molar-refractivity contribution in [3.63, 3.8) is 0 Å². The number of carbonyl (C=O) groups is 1. The summed E-state index contributed by atoms with van der Waals surface area (Å²) in [6.45, 7) is 0.190. The van der Waals surface area contributed by atoms with Crippen molar-refractivity contribution in [2.45, 2.75) is 0 Å². The molecule has 22 heavy (non-hydrogen) atoms. The average Bonchev–Trinajstić information content (AvgIpc) is 2.99. The van der Waals surface area contributed by atoms with Crippen molar-refractivity contribution < 1.29 is 24.1 Å². The molecule has 0 amide bonds.